The number of benzene rings is 3. The van der Waals surface area contributed by atoms with Crippen LogP contribution in [-0.4, -0.2) is 10.7 Å². The van der Waals surface area contributed by atoms with Gasteiger partial charge >= 0.3 is 0 Å². The van der Waals surface area contributed by atoms with Gasteiger partial charge in [0.25, 0.3) is 0 Å². The van der Waals surface area contributed by atoms with E-state index in [0.29, 0.717) is 0 Å². The maximum absolute atomic E-state index is 11.9. The molecule has 1 saturated heterocycles. The highest BCUT2D eigenvalue weighted by molar-refractivity contribution is 5.39. The monoisotopic (exact) mass is 416 g/mol. The highest BCUT2D eigenvalue weighted by Crippen LogP contribution is 2.46. The van der Waals surface area contributed by atoms with Gasteiger partial charge in [-0.15, -0.1) is 0 Å². The van der Waals surface area contributed by atoms with Crippen LogP contribution in [0.15, 0.2) is 91.0 Å². The lowest BCUT2D eigenvalue weighted by molar-refractivity contribution is -0.0647. The molecule has 3 aromatic rings. The topological polar surface area (TPSA) is 32.3 Å². The minimum atomic E-state index is -1.12. The molecule has 4 unspecified atom stereocenters. The van der Waals surface area contributed by atoms with Crippen molar-refractivity contribution in [2.24, 2.45) is 11.8 Å². The fourth-order valence-electron chi connectivity index (χ4n) is 4.42. The number of hydrogen-bond acceptors (Lipinski definition) is 2. The molecule has 154 valence electrons. The van der Waals surface area contributed by atoms with Gasteiger partial charge in [0.1, 0.15) is 5.60 Å². The molecule has 0 aromatic heterocycles. The molecule has 0 radical (unpaired) electrons. The molecule has 1 aliphatic heterocycles. The van der Waals surface area contributed by atoms with Gasteiger partial charge in [-0.05, 0) is 23.3 Å². The van der Waals surface area contributed by atoms with Crippen LogP contribution in [0, 0.1) is 23.7 Å². The molecule has 4 atom stereocenters. The quantitative estimate of drug-likeness (QED) is 0.627. The molecular formula is C27H27ClNO-. The predicted octanol–water partition coefficient (Wildman–Crippen LogP) is 2.13. The summed E-state index contributed by atoms with van der Waals surface area (Å²) in [6.45, 7) is 4.20. The Morgan fingerprint density at radius 3 is 1.53 bits per heavy atom. The lowest BCUT2D eigenvalue weighted by atomic mass is 9.66. The minimum Gasteiger partial charge on any atom is -1.00 e. The Bertz CT molecular complexity index is 943. The van der Waals surface area contributed by atoms with Crippen LogP contribution in [-0.2, 0) is 0 Å². The summed E-state index contributed by atoms with van der Waals surface area (Å²) >= 11 is 0. The van der Waals surface area contributed by atoms with E-state index in [-0.39, 0.29) is 36.3 Å². The minimum absolute atomic E-state index is 0. The fraction of sp³-hybridized carbons (Fsp3) is 0.259. The summed E-state index contributed by atoms with van der Waals surface area (Å²) in [7, 11) is 0. The highest BCUT2D eigenvalue weighted by atomic mass is 35.5. The summed E-state index contributed by atoms with van der Waals surface area (Å²) in [6.07, 6.45) is 0. The van der Waals surface area contributed by atoms with Gasteiger partial charge in [-0.25, -0.2) is 0 Å². The Morgan fingerprint density at radius 2 is 1.10 bits per heavy atom. The first kappa shape index (κ1) is 22.1. The zero-order valence-corrected chi connectivity index (χ0v) is 18.1. The van der Waals surface area contributed by atoms with Crippen molar-refractivity contribution in [3.8, 4) is 11.8 Å². The molecule has 2 N–H and O–H groups in total. The number of aliphatic hydroxyl groups is 1. The van der Waals surface area contributed by atoms with Gasteiger partial charge in [-0.1, -0.05) is 105 Å². The number of piperidine rings is 1. The van der Waals surface area contributed by atoms with E-state index in [9.17, 15) is 5.11 Å². The van der Waals surface area contributed by atoms with E-state index in [0.717, 1.165) is 5.56 Å². The van der Waals surface area contributed by atoms with E-state index in [4.69, 9.17) is 0 Å². The zero-order valence-electron chi connectivity index (χ0n) is 17.3. The van der Waals surface area contributed by atoms with Crippen LogP contribution >= 0.6 is 0 Å². The lowest BCUT2D eigenvalue weighted by Gasteiger charge is -2.49. The molecule has 3 aromatic carbocycles. The molecular weight excluding hydrogens is 390 g/mol. The average Bonchev–Trinajstić information content (AvgIpc) is 2.78. The molecule has 0 saturated carbocycles. The first-order valence-corrected chi connectivity index (χ1v) is 10.3. The van der Waals surface area contributed by atoms with Crippen molar-refractivity contribution in [2.75, 3.05) is 0 Å². The van der Waals surface area contributed by atoms with Gasteiger partial charge < -0.3 is 22.8 Å². The van der Waals surface area contributed by atoms with Crippen LogP contribution in [0.25, 0.3) is 0 Å². The molecule has 2 nitrogen and oxygen atoms in total. The van der Waals surface area contributed by atoms with Crippen LogP contribution in [0.3, 0.4) is 0 Å². The maximum atomic E-state index is 11.9. The molecule has 3 heteroatoms. The van der Waals surface area contributed by atoms with Crippen molar-refractivity contribution in [1.82, 2.24) is 5.32 Å². The molecule has 1 aliphatic rings. The Labute approximate surface area is 185 Å². The van der Waals surface area contributed by atoms with Crippen molar-refractivity contribution in [3.05, 3.63) is 108 Å². The molecule has 0 spiro atoms. The number of halogens is 1. The van der Waals surface area contributed by atoms with Crippen LogP contribution < -0.4 is 17.7 Å². The third kappa shape index (κ3) is 4.30. The summed E-state index contributed by atoms with van der Waals surface area (Å²) < 4.78 is 0. The third-order valence-electron chi connectivity index (χ3n) is 6.25. The Balaban J connectivity index is 0.00000256. The van der Waals surface area contributed by atoms with E-state index in [1.165, 1.54) is 11.1 Å². The fourth-order valence-corrected chi connectivity index (χ4v) is 4.42. The van der Waals surface area contributed by atoms with Crippen molar-refractivity contribution >= 4 is 0 Å². The van der Waals surface area contributed by atoms with Crippen LogP contribution in [0.4, 0.5) is 0 Å². The molecule has 1 fully saturated rings. The SMILES string of the molecule is CC1C(c2ccccc2)NC(c2ccccc2)C(C)C1(O)C#Cc1ccccc1.[Cl-]. The molecule has 1 heterocycles. The standard InChI is InChI=1S/C27H27NO.ClH/c1-20-25(23-14-8-4-9-15-23)28-26(24-16-10-5-11-17-24)21(2)27(20,29)19-18-22-12-6-3-7-13-22;/h3-17,20-21,25-26,28-29H,1-2H3;1H/p-1. The average molecular weight is 417 g/mol. The predicted molar refractivity (Wildman–Crippen MR) is 118 cm³/mol. The second-order valence-electron chi connectivity index (χ2n) is 7.96. The second-order valence-corrected chi connectivity index (χ2v) is 7.96. The molecule has 0 amide bonds. The molecule has 4 rings (SSSR count). The van der Waals surface area contributed by atoms with Crippen LogP contribution in [0.5, 0.6) is 0 Å². The lowest BCUT2D eigenvalue weighted by Crippen LogP contribution is -3.00. The maximum Gasteiger partial charge on any atom is 0.134 e. The van der Waals surface area contributed by atoms with E-state index in [2.05, 4.69) is 55.3 Å². The number of nitrogens with one attached hydrogen (secondary N) is 1. The van der Waals surface area contributed by atoms with E-state index in [1.807, 2.05) is 66.7 Å². The summed E-state index contributed by atoms with van der Waals surface area (Å²) in [6, 6.07) is 30.6. The van der Waals surface area contributed by atoms with Gasteiger partial charge in [0.2, 0.25) is 0 Å². The van der Waals surface area contributed by atoms with Crippen molar-refractivity contribution < 1.29 is 17.5 Å². The highest BCUT2D eigenvalue weighted by Gasteiger charge is 2.50. The van der Waals surface area contributed by atoms with E-state index < -0.39 is 5.60 Å². The summed E-state index contributed by atoms with van der Waals surface area (Å²) in [5, 5.41) is 15.7. The second kappa shape index (κ2) is 9.49. The normalized spacial score (nSPS) is 28.0. The number of rotatable bonds is 2. The Morgan fingerprint density at radius 1 is 0.700 bits per heavy atom. The van der Waals surface area contributed by atoms with Crippen molar-refractivity contribution in [1.29, 1.82) is 0 Å². The Hall–Kier alpha value is -2.57. The van der Waals surface area contributed by atoms with E-state index >= 15 is 0 Å². The van der Waals surface area contributed by atoms with Crippen LogP contribution in [0.2, 0.25) is 0 Å². The summed E-state index contributed by atoms with van der Waals surface area (Å²) in [5.41, 5.74) is 2.15. The summed E-state index contributed by atoms with van der Waals surface area (Å²) in [4.78, 5) is 0. The van der Waals surface area contributed by atoms with Gasteiger partial charge in [0, 0.05) is 29.5 Å². The van der Waals surface area contributed by atoms with E-state index in [1.54, 1.807) is 0 Å². The first-order chi connectivity index (χ1) is 14.1. The Kier molecular flexibility index (Phi) is 7.00. The molecule has 0 aliphatic carbocycles. The van der Waals surface area contributed by atoms with Gasteiger partial charge in [0.15, 0.2) is 0 Å². The molecule has 30 heavy (non-hydrogen) atoms. The third-order valence-corrected chi connectivity index (χ3v) is 6.25. The smallest absolute Gasteiger partial charge is 0.134 e. The van der Waals surface area contributed by atoms with Gasteiger partial charge in [-0.3, -0.25) is 0 Å². The van der Waals surface area contributed by atoms with Crippen molar-refractivity contribution in [3.63, 3.8) is 0 Å². The van der Waals surface area contributed by atoms with Gasteiger partial charge in [-0.2, -0.15) is 0 Å². The summed E-state index contributed by atoms with van der Waals surface area (Å²) in [5.74, 6) is 6.36. The zero-order chi connectivity index (χ0) is 20.3. The number of hydrogen-bond donors (Lipinski definition) is 2. The van der Waals surface area contributed by atoms with Crippen LogP contribution in [0.1, 0.15) is 42.6 Å². The van der Waals surface area contributed by atoms with Gasteiger partial charge in [0.05, 0.1) is 0 Å². The van der Waals surface area contributed by atoms with Crippen molar-refractivity contribution in [2.45, 2.75) is 31.5 Å². The first-order valence-electron chi connectivity index (χ1n) is 10.3. The molecule has 0 bridgehead atoms. The largest absolute Gasteiger partial charge is 1.00 e.